The molecule has 0 saturated carbocycles. The number of aromatic nitrogens is 1. The van der Waals surface area contributed by atoms with Gasteiger partial charge >= 0.3 is 0 Å². The number of rotatable bonds is 1. The van der Waals surface area contributed by atoms with E-state index in [-0.39, 0.29) is 11.7 Å². The average Bonchev–Trinajstić information content (AvgIpc) is 2.70. The molecule has 0 radical (unpaired) electrons. The van der Waals surface area contributed by atoms with Crippen LogP contribution in [0.3, 0.4) is 0 Å². The van der Waals surface area contributed by atoms with E-state index in [2.05, 4.69) is 0 Å². The molecular formula is C16H15F2NO. The lowest BCUT2D eigenvalue weighted by atomic mass is 9.88. The van der Waals surface area contributed by atoms with E-state index in [0.717, 1.165) is 23.9 Å². The van der Waals surface area contributed by atoms with Gasteiger partial charge in [-0.1, -0.05) is 6.92 Å². The van der Waals surface area contributed by atoms with Gasteiger partial charge in [-0.2, -0.15) is 0 Å². The number of carbonyl (C=O) groups excluding carboxylic acids is 1. The van der Waals surface area contributed by atoms with Crippen molar-refractivity contribution in [1.29, 1.82) is 0 Å². The first-order valence-electron chi connectivity index (χ1n) is 6.67. The molecular weight excluding hydrogens is 260 g/mol. The molecule has 1 heterocycles. The molecule has 0 unspecified atom stereocenters. The standard InChI is InChI=1S/C16H15F2NO/c1-9-5-15-12(16(20)6-9)7-10(2)19(15)11-3-4-13(17)14(18)8-11/h3-4,7-9H,5-6H2,1-2H3/t9-/m0/s1. The number of ketones is 1. The van der Waals surface area contributed by atoms with Gasteiger partial charge in [-0.3, -0.25) is 4.79 Å². The summed E-state index contributed by atoms with van der Waals surface area (Å²) in [5, 5.41) is 0. The fourth-order valence-electron chi connectivity index (χ4n) is 2.95. The summed E-state index contributed by atoms with van der Waals surface area (Å²) in [6.07, 6.45) is 1.32. The molecule has 0 spiro atoms. The van der Waals surface area contributed by atoms with Gasteiger partial charge in [0.1, 0.15) is 0 Å². The van der Waals surface area contributed by atoms with Crippen molar-refractivity contribution in [3.63, 3.8) is 0 Å². The van der Waals surface area contributed by atoms with Crippen molar-refractivity contribution >= 4 is 5.78 Å². The fraction of sp³-hybridized carbons (Fsp3) is 0.312. The van der Waals surface area contributed by atoms with E-state index in [9.17, 15) is 13.6 Å². The van der Waals surface area contributed by atoms with Crippen LogP contribution in [-0.2, 0) is 6.42 Å². The highest BCUT2D eigenvalue weighted by Gasteiger charge is 2.27. The summed E-state index contributed by atoms with van der Waals surface area (Å²) in [7, 11) is 0. The molecule has 1 aliphatic carbocycles. The highest BCUT2D eigenvalue weighted by molar-refractivity contribution is 5.98. The van der Waals surface area contributed by atoms with Gasteiger partial charge in [0.15, 0.2) is 17.4 Å². The number of carbonyl (C=O) groups is 1. The molecule has 20 heavy (non-hydrogen) atoms. The first kappa shape index (κ1) is 13.0. The van der Waals surface area contributed by atoms with Gasteiger partial charge in [0, 0.05) is 35.1 Å². The fourth-order valence-corrected chi connectivity index (χ4v) is 2.95. The summed E-state index contributed by atoms with van der Waals surface area (Å²) in [5.41, 5.74) is 3.04. The van der Waals surface area contributed by atoms with E-state index >= 15 is 0 Å². The van der Waals surface area contributed by atoms with Gasteiger partial charge in [0.2, 0.25) is 0 Å². The van der Waals surface area contributed by atoms with Crippen LogP contribution in [-0.4, -0.2) is 10.4 Å². The van der Waals surface area contributed by atoms with E-state index < -0.39 is 11.6 Å². The second-order valence-corrected chi connectivity index (χ2v) is 5.52. The molecule has 0 aliphatic heterocycles. The molecule has 4 heteroatoms. The normalized spacial score (nSPS) is 18.2. The second-order valence-electron chi connectivity index (χ2n) is 5.52. The van der Waals surface area contributed by atoms with Crippen molar-refractivity contribution in [2.45, 2.75) is 26.7 Å². The van der Waals surface area contributed by atoms with Crippen molar-refractivity contribution in [2.24, 2.45) is 5.92 Å². The number of aryl methyl sites for hydroxylation is 1. The summed E-state index contributed by atoms with van der Waals surface area (Å²) in [6.45, 7) is 3.90. The SMILES string of the molecule is Cc1cc2c(n1-c1ccc(F)c(F)c1)C[C@H](C)CC2=O. The lowest BCUT2D eigenvalue weighted by Gasteiger charge is -2.20. The van der Waals surface area contributed by atoms with Gasteiger partial charge in [-0.15, -0.1) is 0 Å². The molecule has 1 aromatic carbocycles. The van der Waals surface area contributed by atoms with Gasteiger partial charge in [-0.05, 0) is 37.5 Å². The average molecular weight is 275 g/mol. The van der Waals surface area contributed by atoms with Gasteiger partial charge in [-0.25, -0.2) is 8.78 Å². The summed E-state index contributed by atoms with van der Waals surface area (Å²) >= 11 is 0. The zero-order valence-corrected chi connectivity index (χ0v) is 11.4. The molecule has 104 valence electrons. The monoisotopic (exact) mass is 275 g/mol. The Morgan fingerprint density at radius 1 is 1.15 bits per heavy atom. The third-order valence-electron chi connectivity index (χ3n) is 3.82. The van der Waals surface area contributed by atoms with E-state index in [1.165, 1.54) is 12.1 Å². The maximum atomic E-state index is 13.4. The highest BCUT2D eigenvalue weighted by atomic mass is 19.2. The number of halogens is 2. The van der Waals surface area contributed by atoms with E-state index in [1.807, 2.05) is 24.5 Å². The molecule has 1 aliphatic rings. The number of Topliss-reactive ketones (excluding diaryl/α,β-unsaturated/α-hetero) is 1. The van der Waals surface area contributed by atoms with E-state index in [0.29, 0.717) is 17.7 Å². The Balaban J connectivity index is 2.19. The van der Waals surface area contributed by atoms with Gasteiger partial charge < -0.3 is 4.57 Å². The van der Waals surface area contributed by atoms with Crippen LogP contribution in [0.15, 0.2) is 24.3 Å². The molecule has 3 rings (SSSR count). The smallest absolute Gasteiger partial charge is 0.164 e. The third kappa shape index (κ3) is 1.96. The number of fused-ring (bicyclic) bond motifs is 1. The zero-order valence-electron chi connectivity index (χ0n) is 11.4. The molecule has 0 N–H and O–H groups in total. The predicted molar refractivity (Wildman–Crippen MR) is 72.2 cm³/mol. The largest absolute Gasteiger partial charge is 0.317 e. The van der Waals surface area contributed by atoms with E-state index in [4.69, 9.17) is 0 Å². The molecule has 0 bridgehead atoms. The number of hydrogen-bond donors (Lipinski definition) is 0. The Labute approximate surface area is 116 Å². The lowest BCUT2D eigenvalue weighted by molar-refractivity contribution is 0.0952. The summed E-state index contributed by atoms with van der Waals surface area (Å²) in [5.74, 6) is -1.34. The van der Waals surface area contributed by atoms with Crippen molar-refractivity contribution in [2.75, 3.05) is 0 Å². The van der Waals surface area contributed by atoms with Gasteiger partial charge in [0.05, 0.1) is 0 Å². The number of hydrogen-bond acceptors (Lipinski definition) is 1. The molecule has 1 aromatic heterocycles. The molecule has 1 atom stereocenters. The molecule has 0 fully saturated rings. The minimum absolute atomic E-state index is 0.128. The number of benzene rings is 1. The molecule has 0 saturated heterocycles. The van der Waals surface area contributed by atoms with Crippen LogP contribution in [0, 0.1) is 24.5 Å². The van der Waals surface area contributed by atoms with Crippen LogP contribution in [0.1, 0.15) is 35.1 Å². The van der Waals surface area contributed by atoms with Crippen LogP contribution in [0.5, 0.6) is 0 Å². The summed E-state index contributed by atoms with van der Waals surface area (Å²) in [6, 6.07) is 5.66. The molecule has 0 amide bonds. The third-order valence-corrected chi connectivity index (χ3v) is 3.82. The van der Waals surface area contributed by atoms with Crippen LogP contribution in [0.2, 0.25) is 0 Å². The zero-order chi connectivity index (χ0) is 14.4. The Hall–Kier alpha value is -1.97. The lowest BCUT2D eigenvalue weighted by Crippen LogP contribution is -2.19. The maximum Gasteiger partial charge on any atom is 0.164 e. The molecule has 2 aromatic rings. The van der Waals surface area contributed by atoms with Crippen molar-refractivity contribution < 1.29 is 13.6 Å². The van der Waals surface area contributed by atoms with Crippen LogP contribution < -0.4 is 0 Å². The van der Waals surface area contributed by atoms with Crippen molar-refractivity contribution in [1.82, 2.24) is 4.57 Å². The van der Waals surface area contributed by atoms with Crippen molar-refractivity contribution in [3.05, 3.63) is 52.9 Å². The van der Waals surface area contributed by atoms with Crippen LogP contribution in [0.25, 0.3) is 5.69 Å². The quantitative estimate of drug-likeness (QED) is 0.775. The minimum atomic E-state index is -0.875. The van der Waals surface area contributed by atoms with E-state index in [1.54, 1.807) is 0 Å². The number of nitrogens with zero attached hydrogens (tertiary/aromatic N) is 1. The Kier molecular flexibility index (Phi) is 2.96. The summed E-state index contributed by atoms with van der Waals surface area (Å²) < 4.78 is 28.4. The van der Waals surface area contributed by atoms with Crippen LogP contribution in [0.4, 0.5) is 8.78 Å². The predicted octanol–water partition coefficient (Wildman–Crippen LogP) is 3.83. The first-order valence-corrected chi connectivity index (χ1v) is 6.67. The first-order chi connectivity index (χ1) is 9.47. The Bertz CT molecular complexity index is 703. The molecule has 2 nitrogen and oxygen atoms in total. The second kappa shape index (κ2) is 4.54. The maximum absolute atomic E-state index is 13.4. The Morgan fingerprint density at radius 3 is 2.60 bits per heavy atom. The minimum Gasteiger partial charge on any atom is -0.317 e. The van der Waals surface area contributed by atoms with Gasteiger partial charge in [0.25, 0.3) is 0 Å². The topological polar surface area (TPSA) is 22.0 Å². The Morgan fingerprint density at radius 2 is 1.90 bits per heavy atom. The highest BCUT2D eigenvalue weighted by Crippen LogP contribution is 2.31. The van der Waals surface area contributed by atoms with Crippen LogP contribution >= 0.6 is 0 Å². The summed E-state index contributed by atoms with van der Waals surface area (Å²) in [4.78, 5) is 12.1. The van der Waals surface area contributed by atoms with Crippen molar-refractivity contribution in [3.8, 4) is 5.69 Å².